The van der Waals surface area contributed by atoms with Gasteiger partial charge >= 0.3 is 0 Å². The fourth-order valence-electron chi connectivity index (χ4n) is 2.01. The summed E-state index contributed by atoms with van der Waals surface area (Å²) in [6, 6.07) is 5.31. The maximum atomic E-state index is 10.2. The van der Waals surface area contributed by atoms with Gasteiger partial charge in [0.25, 0.3) is 0 Å². The Morgan fingerprint density at radius 1 is 1.35 bits per heavy atom. The standard InChI is InChI=1S/C16H27NO3/c1-12(2)7-8-16(3,19)11-17-10-13-5-6-15(20-4)14(18)9-13/h5-6,9,12,17-19H,7-8,10-11H2,1-4H3. The van der Waals surface area contributed by atoms with Crippen LogP contribution in [0.15, 0.2) is 18.2 Å². The molecule has 1 aromatic rings. The topological polar surface area (TPSA) is 61.7 Å². The van der Waals surface area contributed by atoms with Gasteiger partial charge in [0.05, 0.1) is 12.7 Å². The fraction of sp³-hybridized carbons (Fsp3) is 0.625. The van der Waals surface area contributed by atoms with E-state index >= 15 is 0 Å². The van der Waals surface area contributed by atoms with Crippen molar-refractivity contribution in [3.05, 3.63) is 23.8 Å². The van der Waals surface area contributed by atoms with Gasteiger partial charge in [-0.05, 0) is 43.4 Å². The van der Waals surface area contributed by atoms with Gasteiger partial charge < -0.3 is 20.3 Å². The Balaban J connectivity index is 2.41. The van der Waals surface area contributed by atoms with E-state index in [1.807, 2.05) is 13.0 Å². The molecule has 0 aliphatic heterocycles. The number of ether oxygens (including phenoxy) is 1. The molecule has 0 saturated heterocycles. The lowest BCUT2D eigenvalue weighted by Crippen LogP contribution is -2.37. The second kappa shape index (κ2) is 7.50. The number of methoxy groups -OCH3 is 1. The molecule has 0 saturated carbocycles. The van der Waals surface area contributed by atoms with Gasteiger partial charge in [-0.3, -0.25) is 0 Å². The molecule has 4 heteroatoms. The van der Waals surface area contributed by atoms with Gasteiger partial charge in [0, 0.05) is 13.1 Å². The third kappa shape index (κ3) is 5.80. The molecule has 1 aromatic carbocycles. The van der Waals surface area contributed by atoms with E-state index in [1.54, 1.807) is 12.1 Å². The average Bonchev–Trinajstić information content (AvgIpc) is 2.37. The average molecular weight is 281 g/mol. The van der Waals surface area contributed by atoms with Crippen molar-refractivity contribution in [2.45, 2.75) is 45.8 Å². The zero-order valence-electron chi connectivity index (χ0n) is 12.9. The van der Waals surface area contributed by atoms with Crippen LogP contribution in [0.5, 0.6) is 11.5 Å². The lowest BCUT2D eigenvalue weighted by molar-refractivity contribution is 0.0451. The number of rotatable bonds is 8. The van der Waals surface area contributed by atoms with Crippen LogP contribution in [0.3, 0.4) is 0 Å². The van der Waals surface area contributed by atoms with Crippen molar-refractivity contribution in [3.8, 4) is 11.5 Å². The van der Waals surface area contributed by atoms with E-state index < -0.39 is 5.60 Å². The van der Waals surface area contributed by atoms with Crippen molar-refractivity contribution in [1.29, 1.82) is 0 Å². The first-order valence-corrected chi connectivity index (χ1v) is 7.13. The predicted octanol–water partition coefficient (Wildman–Crippen LogP) is 2.68. The molecule has 1 unspecified atom stereocenters. The highest BCUT2D eigenvalue weighted by molar-refractivity contribution is 5.41. The van der Waals surface area contributed by atoms with Crippen molar-refractivity contribution in [2.24, 2.45) is 5.92 Å². The molecule has 114 valence electrons. The van der Waals surface area contributed by atoms with E-state index in [9.17, 15) is 10.2 Å². The van der Waals surface area contributed by atoms with Gasteiger partial charge in [0.15, 0.2) is 11.5 Å². The summed E-state index contributed by atoms with van der Waals surface area (Å²) in [5, 5.41) is 23.2. The highest BCUT2D eigenvalue weighted by atomic mass is 16.5. The molecule has 0 aliphatic carbocycles. The van der Waals surface area contributed by atoms with Crippen molar-refractivity contribution in [1.82, 2.24) is 5.32 Å². The quantitative estimate of drug-likeness (QED) is 0.685. The number of aliphatic hydroxyl groups is 1. The molecule has 0 radical (unpaired) electrons. The number of hydrogen-bond donors (Lipinski definition) is 3. The monoisotopic (exact) mass is 281 g/mol. The van der Waals surface area contributed by atoms with E-state index in [4.69, 9.17) is 4.74 Å². The number of nitrogens with one attached hydrogen (secondary N) is 1. The Morgan fingerprint density at radius 3 is 2.60 bits per heavy atom. The maximum Gasteiger partial charge on any atom is 0.160 e. The van der Waals surface area contributed by atoms with Crippen LogP contribution in [0, 0.1) is 5.92 Å². The second-order valence-electron chi connectivity index (χ2n) is 6.04. The number of phenolic OH excluding ortho intramolecular Hbond substituents is 1. The second-order valence-corrected chi connectivity index (χ2v) is 6.04. The van der Waals surface area contributed by atoms with Crippen molar-refractivity contribution in [3.63, 3.8) is 0 Å². The molecule has 1 rings (SSSR count). The molecule has 0 heterocycles. The Bertz CT molecular complexity index is 416. The maximum absolute atomic E-state index is 10.2. The number of benzene rings is 1. The summed E-state index contributed by atoms with van der Waals surface area (Å²) < 4.78 is 5.00. The smallest absolute Gasteiger partial charge is 0.160 e. The third-order valence-electron chi connectivity index (χ3n) is 3.34. The van der Waals surface area contributed by atoms with Crippen LogP contribution >= 0.6 is 0 Å². The van der Waals surface area contributed by atoms with E-state index in [1.165, 1.54) is 7.11 Å². The molecule has 0 aliphatic rings. The van der Waals surface area contributed by atoms with Gasteiger partial charge in [0.2, 0.25) is 0 Å². The zero-order chi connectivity index (χ0) is 15.2. The van der Waals surface area contributed by atoms with Crippen LogP contribution in [-0.4, -0.2) is 29.5 Å². The highest BCUT2D eigenvalue weighted by Gasteiger charge is 2.19. The lowest BCUT2D eigenvalue weighted by atomic mass is 9.95. The van der Waals surface area contributed by atoms with Gasteiger partial charge in [-0.15, -0.1) is 0 Å². The van der Waals surface area contributed by atoms with E-state index in [-0.39, 0.29) is 5.75 Å². The molecule has 0 fully saturated rings. The van der Waals surface area contributed by atoms with E-state index in [0.717, 1.165) is 18.4 Å². The number of hydrogen-bond acceptors (Lipinski definition) is 4. The molecule has 4 nitrogen and oxygen atoms in total. The molecule has 3 N–H and O–H groups in total. The summed E-state index contributed by atoms with van der Waals surface area (Å²) in [6.45, 7) is 7.31. The Kier molecular flexibility index (Phi) is 6.30. The summed E-state index contributed by atoms with van der Waals surface area (Å²) in [4.78, 5) is 0. The Labute approximate surface area is 121 Å². The van der Waals surface area contributed by atoms with Crippen molar-refractivity contribution < 1.29 is 14.9 Å². The largest absolute Gasteiger partial charge is 0.504 e. The minimum Gasteiger partial charge on any atom is -0.504 e. The lowest BCUT2D eigenvalue weighted by Gasteiger charge is -2.24. The summed E-state index contributed by atoms with van der Waals surface area (Å²) in [5.74, 6) is 1.20. The van der Waals surface area contributed by atoms with Gasteiger partial charge in [-0.25, -0.2) is 0 Å². The fourth-order valence-corrected chi connectivity index (χ4v) is 2.01. The summed E-state index contributed by atoms with van der Waals surface area (Å²) in [7, 11) is 1.53. The normalized spacial score (nSPS) is 14.3. The SMILES string of the molecule is COc1ccc(CNCC(C)(O)CCC(C)C)cc1O. The minimum absolute atomic E-state index is 0.137. The van der Waals surface area contributed by atoms with Gasteiger partial charge in [-0.2, -0.15) is 0 Å². The first-order valence-electron chi connectivity index (χ1n) is 7.13. The minimum atomic E-state index is -0.696. The van der Waals surface area contributed by atoms with Crippen LogP contribution < -0.4 is 10.1 Å². The zero-order valence-corrected chi connectivity index (χ0v) is 12.9. The van der Waals surface area contributed by atoms with E-state index in [0.29, 0.717) is 24.8 Å². The first kappa shape index (κ1) is 16.8. The molecule has 0 bridgehead atoms. The third-order valence-corrected chi connectivity index (χ3v) is 3.34. The van der Waals surface area contributed by atoms with Crippen LogP contribution in [0.4, 0.5) is 0 Å². The Hall–Kier alpha value is -1.26. The molecular formula is C16H27NO3. The van der Waals surface area contributed by atoms with Gasteiger partial charge in [0.1, 0.15) is 0 Å². The van der Waals surface area contributed by atoms with Crippen molar-refractivity contribution >= 4 is 0 Å². The van der Waals surface area contributed by atoms with Crippen LogP contribution in [-0.2, 0) is 6.54 Å². The first-order chi connectivity index (χ1) is 9.34. The summed E-state index contributed by atoms with van der Waals surface area (Å²) in [6.07, 6.45) is 1.80. The van der Waals surface area contributed by atoms with E-state index in [2.05, 4.69) is 19.2 Å². The molecule has 0 aromatic heterocycles. The summed E-state index contributed by atoms with van der Waals surface area (Å²) in [5.41, 5.74) is 0.265. The van der Waals surface area contributed by atoms with Crippen LogP contribution in [0.1, 0.15) is 39.2 Å². The van der Waals surface area contributed by atoms with Crippen molar-refractivity contribution in [2.75, 3.05) is 13.7 Å². The predicted molar refractivity (Wildman–Crippen MR) is 81.1 cm³/mol. The summed E-state index contributed by atoms with van der Waals surface area (Å²) >= 11 is 0. The number of phenols is 1. The van der Waals surface area contributed by atoms with Gasteiger partial charge in [-0.1, -0.05) is 19.9 Å². The molecule has 1 atom stereocenters. The Morgan fingerprint density at radius 2 is 2.05 bits per heavy atom. The van der Waals surface area contributed by atoms with Crippen LogP contribution in [0.25, 0.3) is 0 Å². The molecule has 20 heavy (non-hydrogen) atoms. The molecule has 0 amide bonds. The van der Waals surface area contributed by atoms with Crippen LogP contribution in [0.2, 0.25) is 0 Å². The highest BCUT2D eigenvalue weighted by Crippen LogP contribution is 2.26. The number of aromatic hydroxyl groups is 1. The molecule has 0 spiro atoms. The molecular weight excluding hydrogens is 254 g/mol.